The van der Waals surface area contributed by atoms with Crippen molar-refractivity contribution in [2.75, 3.05) is 7.11 Å². The highest BCUT2D eigenvalue weighted by molar-refractivity contribution is 9.09. The summed E-state index contributed by atoms with van der Waals surface area (Å²) in [4.78, 5) is -0.0687. The van der Waals surface area contributed by atoms with Crippen LogP contribution in [0.25, 0.3) is 0 Å². The molecule has 0 spiro atoms. The Morgan fingerprint density at radius 3 is 2.37 bits per heavy atom. The Morgan fingerprint density at radius 1 is 1.11 bits per heavy atom. The number of rotatable bonds is 4. The first-order valence-electron chi connectivity index (χ1n) is 6.16. The summed E-state index contributed by atoms with van der Waals surface area (Å²) in [5, 5.41) is 0. The molecule has 0 saturated heterocycles. The Hall–Kier alpha value is -1.35. The van der Waals surface area contributed by atoms with Crippen LogP contribution in [0, 0.1) is 5.82 Å². The molecule has 0 aliphatic carbocycles. The van der Waals surface area contributed by atoms with E-state index in [2.05, 4.69) is 35.0 Å². The fourth-order valence-corrected chi connectivity index (χ4v) is 2.73. The van der Waals surface area contributed by atoms with E-state index in [1.165, 1.54) is 18.7 Å². The molecule has 0 heterocycles. The Morgan fingerprint density at radius 2 is 1.79 bits per heavy atom. The third-order valence-electron chi connectivity index (χ3n) is 3.27. The number of halogens is 2. The van der Waals surface area contributed by atoms with Crippen molar-refractivity contribution in [2.24, 2.45) is 0 Å². The van der Waals surface area contributed by atoms with E-state index in [9.17, 15) is 4.39 Å². The molecule has 2 aromatic carbocycles. The average molecular weight is 323 g/mol. The first-order valence-corrected chi connectivity index (χ1v) is 7.07. The smallest absolute Gasteiger partial charge is 0.131 e. The normalized spacial score (nSPS) is 13.9. The highest BCUT2D eigenvalue weighted by Crippen LogP contribution is 2.39. The SMILES string of the molecule is COc1ccc(C(Br)C(C)c2ccccc2)c(F)c1. The first kappa shape index (κ1) is 14.1. The van der Waals surface area contributed by atoms with Gasteiger partial charge in [0.2, 0.25) is 0 Å². The minimum absolute atomic E-state index is 0.0687. The molecule has 19 heavy (non-hydrogen) atoms. The molecule has 0 aliphatic rings. The number of hydrogen-bond donors (Lipinski definition) is 0. The third-order valence-corrected chi connectivity index (χ3v) is 4.56. The molecule has 0 aliphatic heterocycles. The second-order valence-corrected chi connectivity index (χ2v) is 5.48. The van der Waals surface area contributed by atoms with E-state index in [4.69, 9.17) is 4.74 Å². The van der Waals surface area contributed by atoms with Crippen LogP contribution in [-0.4, -0.2) is 7.11 Å². The number of ether oxygens (including phenoxy) is 1. The summed E-state index contributed by atoms with van der Waals surface area (Å²) in [5.74, 6) is 0.474. The molecule has 2 unspecified atom stereocenters. The summed E-state index contributed by atoms with van der Waals surface area (Å²) in [6.45, 7) is 2.08. The summed E-state index contributed by atoms with van der Waals surface area (Å²) in [7, 11) is 1.53. The van der Waals surface area contributed by atoms with Crippen LogP contribution >= 0.6 is 15.9 Å². The van der Waals surface area contributed by atoms with E-state index in [0.29, 0.717) is 11.3 Å². The van der Waals surface area contributed by atoms with E-state index in [0.717, 1.165) is 0 Å². The fraction of sp³-hybridized carbons (Fsp3) is 0.250. The monoisotopic (exact) mass is 322 g/mol. The van der Waals surface area contributed by atoms with Crippen LogP contribution in [0.15, 0.2) is 48.5 Å². The van der Waals surface area contributed by atoms with Crippen molar-refractivity contribution in [2.45, 2.75) is 17.7 Å². The summed E-state index contributed by atoms with van der Waals surface area (Å²) in [6, 6.07) is 15.1. The predicted molar refractivity (Wildman–Crippen MR) is 79.5 cm³/mol. The van der Waals surface area contributed by atoms with Crippen LogP contribution < -0.4 is 4.74 Å². The minimum Gasteiger partial charge on any atom is -0.497 e. The maximum atomic E-state index is 14.1. The largest absolute Gasteiger partial charge is 0.497 e. The van der Waals surface area contributed by atoms with Crippen LogP contribution in [0.5, 0.6) is 5.75 Å². The van der Waals surface area contributed by atoms with Gasteiger partial charge in [0.25, 0.3) is 0 Å². The molecule has 2 rings (SSSR count). The molecule has 2 atom stereocenters. The highest BCUT2D eigenvalue weighted by Gasteiger charge is 2.21. The van der Waals surface area contributed by atoms with Gasteiger partial charge >= 0.3 is 0 Å². The van der Waals surface area contributed by atoms with Gasteiger partial charge in [-0.25, -0.2) is 4.39 Å². The second kappa shape index (κ2) is 6.20. The lowest BCUT2D eigenvalue weighted by Gasteiger charge is -2.20. The molecule has 0 N–H and O–H groups in total. The summed E-state index contributed by atoms with van der Waals surface area (Å²) >= 11 is 3.60. The lowest BCUT2D eigenvalue weighted by atomic mass is 9.93. The standard InChI is InChI=1S/C16H16BrFO/c1-11(12-6-4-3-5-7-12)16(17)14-9-8-13(19-2)10-15(14)18/h3-11,16H,1-2H3. The zero-order valence-corrected chi connectivity index (χ0v) is 12.5. The van der Waals surface area contributed by atoms with Crippen LogP contribution in [-0.2, 0) is 0 Å². The van der Waals surface area contributed by atoms with Gasteiger partial charge in [0.05, 0.1) is 7.11 Å². The van der Waals surface area contributed by atoms with Crippen LogP contribution in [0.4, 0.5) is 4.39 Å². The van der Waals surface area contributed by atoms with Crippen molar-refractivity contribution in [3.05, 3.63) is 65.5 Å². The Kier molecular flexibility index (Phi) is 4.59. The lowest BCUT2D eigenvalue weighted by molar-refractivity contribution is 0.410. The van der Waals surface area contributed by atoms with Gasteiger partial charge in [-0.1, -0.05) is 59.3 Å². The Bertz CT molecular complexity index is 542. The van der Waals surface area contributed by atoms with Crippen molar-refractivity contribution in [1.29, 1.82) is 0 Å². The van der Waals surface area contributed by atoms with E-state index < -0.39 is 0 Å². The summed E-state index contributed by atoms with van der Waals surface area (Å²) < 4.78 is 19.1. The molecule has 3 heteroatoms. The van der Waals surface area contributed by atoms with Crippen LogP contribution in [0.2, 0.25) is 0 Å². The van der Waals surface area contributed by atoms with Crippen LogP contribution in [0.1, 0.15) is 28.8 Å². The number of alkyl halides is 1. The van der Waals surface area contributed by atoms with Gasteiger partial charge in [-0.3, -0.25) is 0 Å². The second-order valence-electron chi connectivity index (χ2n) is 4.49. The number of benzene rings is 2. The van der Waals surface area contributed by atoms with Gasteiger partial charge in [0.15, 0.2) is 0 Å². The van der Waals surface area contributed by atoms with E-state index >= 15 is 0 Å². The molecule has 0 radical (unpaired) electrons. The summed E-state index contributed by atoms with van der Waals surface area (Å²) in [5.41, 5.74) is 1.83. The molecular formula is C16H16BrFO. The topological polar surface area (TPSA) is 9.23 Å². The zero-order valence-electron chi connectivity index (χ0n) is 10.9. The average Bonchev–Trinajstić information content (AvgIpc) is 2.46. The Labute approximate surface area is 121 Å². The van der Waals surface area contributed by atoms with Crippen molar-refractivity contribution in [3.8, 4) is 5.75 Å². The fourth-order valence-electron chi connectivity index (χ4n) is 2.05. The van der Waals surface area contributed by atoms with E-state index in [1.54, 1.807) is 12.1 Å². The molecule has 2 aromatic rings. The molecule has 100 valence electrons. The van der Waals surface area contributed by atoms with Crippen LogP contribution in [0.3, 0.4) is 0 Å². The van der Waals surface area contributed by atoms with Gasteiger partial charge in [0.1, 0.15) is 11.6 Å². The molecule has 0 amide bonds. The Balaban J connectivity index is 2.26. The molecule has 0 fully saturated rings. The van der Waals surface area contributed by atoms with E-state index in [-0.39, 0.29) is 16.6 Å². The summed E-state index contributed by atoms with van der Waals surface area (Å²) in [6.07, 6.45) is 0. The van der Waals surface area contributed by atoms with Crippen molar-refractivity contribution in [1.82, 2.24) is 0 Å². The van der Waals surface area contributed by atoms with Gasteiger partial charge in [-0.15, -0.1) is 0 Å². The minimum atomic E-state index is -0.246. The van der Waals surface area contributed by atoms with Crippen molar-refractivity contribution in [3.63, 3.8) is 0 Å². The van der Waals surface area contributed by atoms with Gasteiger partial charge < -0.3 is 4.74 Å². The predicted octanol–water partition coefficient (Wildman–Crippen LogP) is 5.07. The highest BCUT2D eigenvalue weighted by atomic mass is 79.9. The molecule has 1 nitrogen and oxygen atoms in total. The maximum absolute atomic E-state index is 14.1. The zero-order chi connectivity index (χ0) is 13.8. The third kappa shape index (κ3) is 3.16. The molecule has 0 aromatic heterocycles. The quantitative estimate of drug-likeness (QED) is 0.714. The maximum Gasteiger partial charge on any atom is 0.131 e. The number of hydrogen-bond acceptors (Lipinski definition) is 1. The molecule has 0 bridgehead atoms. The van der Waals surface area contributed by atoms with Crippen molar-refractivity contribution < 1.29 is 9.13 Å². The van der Waals surface area contributed by atoms with Crippen molar-refractivity contribution >= 4 is 15.9 Å². The lowest BCUT2D eigenvalue weighted by Crippen LogP contribution is -2.04. The molecular weight excluding hydrogens is 307 g/mol. The first-order chi connectivity index (χ1) is 9.13. The van der Waals surface area contributed by atoms with Gasteiger partial charge in [-0.05, 0) is 17.5 Å². The number of methoxy groups -OCH3 is 1. The van der Waals surface area contributed by atoms with Gasteiger partial charge in [-0.2, -0.15) is 0 Å². The van der Waals surface area contributed by atoms with Gasteiger partial charge in [0, 0.05) is 16.5 Å². The van der Waals surface area contributed by atoms with E-state index in [1.807, 2.05) is 18.2 Å². The molecule has 0 saturated carbocycles.